The normalized spacial score (nSPS) is 12.6. The van der Waals surface area contributed by atoms with Crippen molar-refractivity contribution in [3.05, 3.63) is 55.6 Å². The number of nitrogens with one attached hydrogen (secondary N) is 1. The highest BCUT2D eigenvalue weighted by Gasteiger charge is 2.15. The molecule has 1 nitrogen and oxygen atoms in total. The van der Waals surface area contributed by atoms with Gasteiger partial charge in [-0.2, -0.15) is 0 Å². The fraction of sp³-hybridized carbons (Fsp3) is 0.333. The van der Waals surface area contributed by atoms with Gasteiger partial charge in [-0.1, -0.05) is 46.6 Å². The molecular formula is C15H17BrClNS. The van der Waals surface area contributed by atoms with Gasteiger partial charge in [0.1, 0.15) is 0 Å². The van der Waals surface area contributed by atoms with Crippen molar-refractivity contribution in [1.29, 1.82) is 0 Å². The van der Waals surface area contributed by atoms with E-state index in [2.05, 4.69) is 57.8 Å². The second kappa shape index (κ2) is 7.44. The molecule has 2 rings (SSSR count). The summed E-state index contributed by atoms with van der Waals surface area (Å²) >= 11 is 11.6. The zero-order valence-electron chi connectivity index (χ0n) is 10.8. The first-order chi connectivity index (χ1) is 9.20. The van der Waals surface area contributed by atoms with Crippen molar-refractivity contribution in [2.45, 2.75) is 25.8 Å². The van der Waals surface area contributed by atoms with Crippen LogP contribution in [0.3, 0.4) is 0 Å². The molecule has 1 N–H and O–H groups in total. The summed E-state index contributed by atoms with van der Waals surface area (Å²) in [5.41, 5.74) is 1.17. The summed E-state index contributed by atoms with van der Waals surface area (Å²) in [7, 11) is 0. The van der Waals surface area contributed by atoms with Gasteiger partial charge in [-0.15, -0.1) is 11.3 Å². The lowest BCUT2D eigenvalue weighted by atomic mass is 10.0. The van der Waals surface area contributed by atoms with E-state index in [1.165, 1.54) is 10.4 Å². The molecule has 19 heavy (non-hydrogen) atoms. The van der Waals surface area contributed by atoms with Crippen LogP contribution in [0, 0.1) is 0 Å². The Morgan fingerprint density at radius 3 is 2.84 bits per heavy atom. The minimum Gasteiger partial charge on any atom is -0.310 e. The first-order valence-corrected chi connectivity index (χ1v) is 8.46. The van der Waals surface area contributed by atoms with E-state index in [0.717, 1.165) is 28.9 Å². The number of rotatable bonds is 6. The minimum absolute atomic E-state index is 0.277. The molecule has 1 unspecified atom stereocenters. The summed E-state index contributed by atoms with van der Waals surface area (Å²) < 4.78 is 1.02. The summed E-state index contributed by atoms with van der Waals surface area (Å²) in [5.74, 6) is 0. The van der Waals surface area contributed by atoms with Crippen LogP contribution < -0.4 is 5.32 Å². The first kappa shape index (κ1) is 15.0. The Hall–Kier alpha value is -0.350. The molecule has 1 aromatic heterocycles. The van der Waals surface area contributed by atoms with E-state index < -0.39 is 0 Å². The Morgan fingerprint density at radius 2 is 2.21 bits per heavy atom. The van der Waals surface area contributed by atoms with Crippen LogP contribution in [-0.4, -0.2) is 6.54 Å². The van der Waals surface area contributed by atoms with Gasteiger partial charge in [0, 0.05) is 26.8 Å². The van der Waals surface area contributed by atoms with Crippen molar-refractivity contribution in [3.8, 4) is 0 Å². The van der Waals surface area contributed by atoms with E-state index >= 15 is 0 Å². The molecule has 0 aliphatic heterocycles. The third kappa shape index (κ3) is 4.32. The molecule has 0 spiro atoms. The van der Waals surface area contributed by atoms with Gasteiger partial charge in [0.2, 0.25) is 0 Å². The van der Waals surface area contributed by atoms with E-state index in [4.69, 9.17) is 11.6 Å². The largest absolute Gasteiger partial charge is 0.310 e. The molecule has 0 radical (unpaired) electrons. The third-order valence-corrected chi connectivity index (χ3v) is 4.68. The summed E-state index contributed by atoms with van der Waals surface area (Å²) in [6.45, 7) is 3.18. The molecule has 102 valence electrons. The monoisotopic (exact) mass is 357 g/mol. The molecule has 0 saturated heterocycles. The fourth-order valence-electron chi connectivity index (χ4n) is 2.02. The molecular weight excluding hydrogens is 342 g/mol. The summed E-state index contributed by atoms with van der Waals surface area (Å²) in [6, 6.07) is 10.7. The number of benzene rings is 1. The average molecular weight is 359 g/mol. The van der Waals surface area contributed by atoms with Crippen LogP contribution in [0.4, 0.5) is 0 Å². The van der Waals surface area contributed by atoms with Crippen molar-refractivity contribution >= 4 is 38.9 Å². The van der Waals surface area contributed by atoms with Gasteiger partial charge in [0.05, 0.1) is 0 Å². The molecule has 0 aliphatic carbocycles. The van der Waals surface area contributed by atoms with Crippen molar-refractivity contribution in [2.24, 2.45) is 0 Å². The Morgan fingerprint density at radius 1 is 1.37 bits per heavy atom. The van der Waals surface area contributed by atoms with E-state index in [1.54, 1.807) is 11.3 Å². The van der Waals surface area contributed by atoms with Crippen LogP contribution in [0.15, 0.2) is 40.2 Å². The smallest absolute Gasteiger partial charge is 0.0465 e. The predicted molar refractivity (Wildman–Crippen MR) is 88.2 cm³/mol. The fourth-order valence-corrected chi connectivity index (χ4v) is 3.58. The van der Waals surface area contributed by atoms with Gasteiger partial charge >= 0.3 is 0 Å². The molecule has 1 atom stereocenters. The second-order valence-corrected chi connectivity index (χ2v) is 6.81. The summed E-state index contributed by atoms with van der Waals surface area (Å²) in [5, 5.41) is 6.53. The highest BCUT2D eigenvalue weighted by atomic mass is 79.9. The van der Waals surface area contributed by atoms with E-state index in [-0.39, 0.29) is 6.04 Å². The lowest BCUT2D eigenvalue weighted by Gasteiger charge is -2.20. The maximum atomic E-state index is 6.38. The van der Waals surface area contributed by atoms with Crippen LogP contribution >= 0.6 is 38.9 Å². The van der Waals surface area contributed by atoms with Crippen LogP contribution in [-0.2, 0) is 6.42 Å². The molecule has 0 aliphatic rings. The van der Waals surface area contributed by atoms with Crippen LogP contribution in [0.5, 0.6) is 0 Å². The van der Waals surface area contributed by atoms with Crippen molar-refractivity contribution < 1.29 is 0 Å². The Balaban J connectivity index is 2.20. The van der Waals surface area contributed by atoms with Crippen LogP contribution in [0.1, 0.15) is 29.8 Å². The Labute approximate surface area is 132 Å². The Bertz CT molecular complexity index is 513. The first-order valence-electron chi connectivity index (χ1n) is 6.41. The van der Waals surface area contributed by atoms with E-state index in [9.17, 15) is 0 Å². The van der Waals surface area contributed by atoms with Gasteiger partial charge in [-0.25, -0.2) is 0 Å². The molecule has 2 aromatic rings. The highest BCUT2D eigenvalue weighted by Crippen LogP contribution is 2.29. The van der Waals surface area contributed by atoms with Gasteiger partial charge in [-0.05, 0) is 42.1 Å². The van der Waals surface area contributed by atoms with Crippen molar-refractivity contribution in [2.75, 3.05) is 6.54 Å². The van der Waals surface area contributed by atoms with E-state index in [0.29, 0.717) is 0 Å². The Kier molecular flexibility index (Phi) is 5.89. The van der Waals surface area contributed by atoms with Crippen molar-refractivity contribution in [1.82, 2.24) is 5.32 Å². The molecule has 1 heterocycles. The maximum absolute atomic E-state index is 6.38. The lowest BCUT2D eigenvalue weighted by molar-refractivity contribution is 0.532. The molecule has 0 bridgehead atoms. The summed E-state index contributed by atoms with van der Waals surface area (Å²) in [4.78, 5) is 1.38. The van der Waals surface area contributed by atoms with Gasteiger partial charge in [0.15, 0.2) is 0 Å². The highest BCUT2D eigenvalue weighted by molar-refractivity contribution is 9.10. The van der Waals surface area contributed by atoms with Gasteiger partial charge in [0.25, 0.3) is 0 Å². The predicted octanol–water partition coefficient (Wildman–Crippen LogP) is 5.45. The second-order valence-electron chi connectivity index (χ2n) is 4.46. The molecule has 4 heteroatoms. The quantitative estimate of drug-likeness (QED) is 0.724. The number of hydrogen-bond donors (Lipinski definition) is 1. The number of hydrogen-bond acceptors (Lipinski definition) is 2. The maximum Gasteiger partial charge on any atom is 0.0465 e. The zero-order chi connectivity index (χ0) is 13.7. The summed E-state index contributed by atoms with van der Waals surface area (Å²) in [6.07, 6.45) is 2.11. The molecule has 0 fully saturated rings. The van der Waals surface area contributed by atoms with Crippen molar-refractivity contribution in [3.63, 3.8) is 0 Å². The molecule has 0 amide bonds. The third-order valence-electron chi connectivity index (χ3n) is 2.96. The lowest BCUT2D eigenvalue weighted by Crippen LogP contribution is -2.24. The van der Waals surface area contributed by atoms with Gasteiger partial charge < -0.3 is 5.32 Å². The number of halogens is 2. The van der Waals surface area contributed by atoms with E-state index in [1.807, 2.05) is 6.07 Å². The van der Waals surface area contributed by atoms with Crippen LogP contribution in [0.2, 0.25) is 5.02 Å². The van der Waals surface area contributed by atoms with Gasteiger partial charge in [-0.3, -0.25) is 0 Å². The SMILES string of the molecule is CCCNC(Cc1cccs1)c1ccc(Br)cc1Cl. The molecule has 0 saturated carbocycles. The minimum atomic E-state index is 0.277. The zero-order valence-corrected chi connectivity index (χ0v) is 14.0. The standard InChI is InChI=1S/C15H17BrClNS/c1-2-7-18-15(10-12-4-3-8-19-12)13-6-5-11(16)9-14(13)17/h3-6,8-9,15,18H,2,7,10H2,1H3. The number of thiophene rings is 1. The molecule has 1 aromatic carbocycles. The average Bonchev–Trinajstić information content (AvgIpc) is 2.88. The topological polar surface area (TPSA) is 12.0 Å². The van der Waals surface area contributed by atoms with Crippen LogP contribution in [0.25, 0.3) is 0 Å².